The van der Waals surface area contributed by atoms with Crippen molar-refractivity contribution in [2.75, 3.05) is 5.32 Å². The van der Waals surface area contributed by atoms with Crippen molar-refractivity contribution in [3.8, 4) is 5.75 Å². The lowest BCUT2D eigenvalue weighted by atomic mass is 10.3. The first-order valence-electron chi connectivity index (χ1n) is 5.45. The maximum Gasteiger partial charge on any atom is 0.378 e. The van der Waals surface area contributed by atoms with Crippen LogP contribution in [0.5, 0.6) is 5.75 Å². The Morgan fingerprint density at radius 2 is 1.85 bits per heavy atom. The lowest BCUT2D eigenvalue weighted by Crippen LogP contribution is -2.19. The monoisotopic (exact) mass is 274 g/mol. The molecule has 0 atom stereocenters. The normalized spacial score (nSPS) is 10.8. The number of hydrogen-bond donors (Lipinski definition) is 1. The van der Waals surface area contributed by atoms with Crippen LogP contribution in [0.4, 0.5) is 14.5 Å². The van der Waals surface area contributed by atoms with Gasteiger partial charge in [0.15, 0.2) is 0 Å². The predicted octanol–water partition coefficient (Wildman–Crippen LogP) is 3.04. The van der Waals surface area contributed by atoms with Gasteiger partial charge in [-0.15, -0.1) is 4.95 Å². The number of para-hydroxylation sites is 1. The fourth-order valence-electron chi connectivity index (χ4n) is 1.38. The molecule has 1 aromatic heterocycles. The van der Waals surface area contributed by atoms with Gasteiger partial charge in [-0.05, 0) is 12.1 Å². The van der Waals surface area contributed by atoms with Crippen LogP contribution in [-0.4, -0.2) is 11.0 Å². The van der Waals surface area contributed by atoms with E-state index in [1.165, 1.54) is 0 Å². The summed E-state index contributed by atoms with van der Waals surface area (Å²) in [6, 6.07) is 10.3. The second-order valence-corrected chi connectivity index (χ2v) is 3.55. The highest BCUT2D eigenvalue weighted by Crippen LogP contribution is 2.13. The predicted molar refractivity (Wildman–Crippen MR) is 68.9 cm³/mol. The molecule has 0 bridgehead atoms. The van der Waals surface area contributed by atoms with Crippen LogP contribution < -0.4 is 10.1 Å². The van der Waals surface area contributed by atoms with Gasteiger partial charge in [0.2, 0.25) is 11.9 Å². The Bertz CT molecular complexity index is 648. The molecule has 1 N–H and O–H groups in total. The van der Waals surface area contributed by atoms with Gasteiger partial charge in [-0.25, -0.2) is 0 Å². The molecule has 100 valence electrons. The van der Waals surface area contributed by atoms with Crippen molar-refractivity contribution in [3.05, 3.63) is 65.9 Å². The first-order valence-corrected chi connectivity index (χ1v) is 5.45. The number of ether oxygens (including phenoxy) is 1. The smallest absolute Gasteiger partial charge is 0.378 e. The number of nitrogens with one attached hydrogen (secondary N) is 1. The quantitative estimate of drug-likeness (QED) is 0.301. The van der Waals surface area contributed by atoms with Crippen molar-refractivity contribution < 1.29 is 13.5 Å². The molecule has 2 rings (SSSR count). The van der Waals surface area contributed by atoms with Crippen molar-refractivity contribution in [1.82, 2.24) is 4.98 Å². The molecule has 20 heavy (non-hydrogen) atoms. The molecule has 0 aliphatic carbocycles. The third kappa shape index (κ3) is 3.74. The molecule has 7 heteroatoms. The van der Waals surface area contributed by atoms with Gasteiger partial charge in [-0.2, -0.15) is 20.3 Å². The number of pyridine rings is 1. The van der Waals surface area contributed by atoms with Crippen LogP contribution in [0.2, 0.25) is 0 Å². The van der Waals surface area contributed by atoms with Gasteiger partial charge in [0.25, 0.3) is 0 Å². The second kappa shape index (κ2) is 6.24. The average molecular weight is 274 g/mol. The Hall–Kier alpha value is -3.01. The molecule has 0 spiro atoms. The van der Waals surface area contributed by atoms with Crippen molar-refractivity contribution in [1.29, 1.82) is 0 Å². The zero-order valence-electron chi connectivity index (χ0n) is 10.0. The Morgan fingerprint density at radius 1 is 1.20 bits per heavy atom. The molecule has 0 aliphatic rings. The number of halogens is 2. The highest BCUT2D eigenvalue weighted by Gasteiger charge is 2.09. The van der Waals surface area contributed by atoms with Gasteiger partial charge < -0.3 is 10.1 Å². The van der Waals surface area contributed by atoms with Crippen LogP contribution in [0.15, 0.2) is 47.6 Å². The number of hydrogen-bond acceptors (Lipinski definition) is 3. The van der Waals surface area contributed by atoms with E-state index in [1.807, 2.05) is 0 Å². The van der Waals surface area contributed by atoms with Gasteiger partial charge >= 0.3 is 6.02 Å². The number of amidine groups is 1. The van der Waals surface area contributed by atoms with Crippen LogP contribution in [0.25, 0.3) is 4.95 Å². The maximum atomic E-state index is 13.0. The lowest BCUT2D eigenvalue weighted by molar-refractivity contribution is 0.513. The first-order chi connectivity index (χ1) is 9.67. The maximum absolute atomic E-state index is 13.0. The summed E-state index contributed by atoms with van der Waals surface area (Å²) in [6.45, 7) is 6.71. The van der Waals surface area contributed by atoms with Crippen molar-refractivity contribution in [2.45, 2.75) is 0 Å². The summed E-state index contributed by atoms with van der Waals surface area (Å²) in [6.07, 6.45) is 0. The van der Waals surface area contributed by atoms with Crippen LogP contribution >= 0.6 is 0 Å². The second-order valence-electron chi connectivity index (χ2n) is 3.55. The Morgan fingerprint density at radius 3 is 2.45 bits per heavy atom. The minimum atomic E-state index is -0.991. The molecular formula is C13H8F2N4O. The molecule has 0 aliphatic heterocycles. The van der Waals surface area contributed by atoms with Gasteiger partial charge in [-0.1, -0.05) is 18.2 Å². The standard InChI is InChI=1S/C13H8F2N4O/c1-16-19-13(20-10-5-3-2-4-6-10)17-9-7-11(14)18-12(15)8-9/h2-8H,(H,17,18,19). The average Bonchev–Trinajstić information content (AvgIpc) is 2.39. The fraction of sp³-hybridized carbons (Fsp3) is 0. The molecule has 0 saturated heterocycles. The minimum Gasteiger partial charge on any atom is -0.421 e. The third-order valence-corrected chi connectivity index (χ3v) is 2.11. The van der Waals surface area contributed by atoms with Gasteiger partial charge in [0, 0.05) is 12.1 Å². The van der Waals surface area contributed by atoms with Gasteiger partial charge in [0.05, 0.1) is 5.69 Å². The summed E-state index contributed by atoms with van der Waals surface area (Å²) >= 11 is 0. The minimum absolute atomic E-state index is 0.0355. The number of nitrogens with zero attached hydrogens (tertiary/aromatic N) is 3. The van der Waals surface area contributed by atoms with E-state index < -0.39 is 11.9 Å². The van der Waals surface area contributed by atoms with E-state index in [-0.39, 0.29) is 11.7 Å². The molecule has 0 unspecified atom stereocenters. The van der Waals surface area contributed by atoms with Gasteiger partial charge in [0.1, 0.15) is 10.9 Å². The van der Waals surface area contributed by atoms with E-state index in [9.17, 15) is 8.78 Å². The zero-order valence-corrected chi connectivity index (χ0v) is 10.0. The highest BCUT2D eigenvalue weighted by molar-refractivity contribution is 5.90. The number of anilines is 1. The molecule has 2 aromatic rings. The van der Waals surface area contributed by atoms with Crippen LogP contribution in [0.3, 0.4) is 0 Å². The summed E-state index contributed by atoms with van der Waals surface area (Å²) in [4.78, 5) is 5.78. The SMILES string of the molecule is [C-]#[N+]/N=C(/Nc1cc(F)nc(F)c1)Oc1ccccc1. The number of aromatic nitrogens is 1. The van der Waals surface area contributed by atoms with E-state index in [1.54, 1.807) is 30.3 Å². The van der Waals surface area contributed by atoms with Crippen LogP contribution in [0.1, 0.15) is 0 Å². The molecule has 0 saturated carbocycles. The highest BCUT2D eigenvalue weighted by atomic mass is 19.1. The fourth-order valence-corrected chi connectivity index (χ4v) is 1.38. The Kier molecular flexibility index (Phi) is 4.19. The topological polar surface area (TPSA) is 50.9 Å². The van der Waals surface area contributed by atoms with E-state index in [2.05, 4.69) is 20.4 Å². The largest absolute Gasteiger partial charge is 0.421 e. The number of benzene rings is 1. The molecule has 0 amide bonds. The summed E-state index contributed by atoms with van der Waals surface area (Å²) in [5, 5.41) is 5.89. The number of rotatable bonds is 2. The van der Waals surface area contributed by atoms with Crippen LogP contribution in [0, 0.1) is 18.5 Å². The molecule has 0 fully saturated rings. The summed E-state index contributed by atoms with van der Waals surface area (Å²) < 4.78 is 31.2. The lowest BCUT2D eigenvalue weighted by Gasteiger charge is -2.07. The molecule has 1 aromatic carbocycles. The van der Waals surface area contributed by atoms with E-state index in [0.29, 0.717) is 5.75 Å². The molecular weight excluding hydrogens is 266 g/mol. The molecule has 0 radical (unpaired) electrons. The summed E-state index contributed by atoms with van der Waals surface area (Å²) in [7, 11) is 0. The van der Waals surface area contributed by atoms with Crippen molar-refractivity contribution in [2.24, 2.45) is 5.10 Å². The van der Waals surface area contributed by atoms with Crippen molar-refractivity contribution in [3.63, 3.8) is 0 Å². The van der Waals surface area contributed by atoms with E-state index in [0.717, 1.165) is 12.1 Å². The zero-order chi connectivity index (χ0) is 14.4. The first kappa shape index (κ1) is 13.4. The summed E-state index contributed by atoms with van der Waals surface area (Å²) in [5.74, 6) is -1.55. The van der Waals surface area contributed by atoms with E-state index in [4.69, 9.17) is 11.3 Å². The summed E-state index contributed by atoms with van der Waals surface area (Å²) in [5.41, 5.74) is 0.0355. The van der Waals surface area contributed by atoms with Crippen molar-refractivity contribution >= 4 is 11.7 Å². The van der Waals surface area contributed by atoms with Crippen LogP contribution in [-0.2, 0) is 0 Å². The Labute approximate surface area is 113 Å². The Balaban J connectivity index is 2.18. The third-order valence-electron chi connectivity index (χ3n) is 2.11. The van der Waals surface area contributed by atoms with E-state index >= 15 is 0 Å². The van der Waals surface area contributed by atoms with Gasteiger partial charge in [-0.3, -0.25) is 0 Å². The molecule has 1 heterocycles. The molecule has 5 nitrogen and oxygen atoms in total.